The number of hydrogen-bond acceptors (Lipinski definition) is 3. The Kier molecular flexibility index (Phi) is 4.86. The molecule has 1 aliphatic rings. The van der Waals surface area contributed by atoms with Gasteiger partial charge in [0.2, 0.25) is 0 Å². The van der Waals surface area contributed by atoms with Gasteiger partial charge in [-0.1, -0.05) is 18.5 Å². The van der Waals surface area contributed by atoms with Crippen LogP contribution in [-0.4, -0.2) is 34.9 Å². The molecule has 2 heterocycles. The standard InChI is InChI=1S/C15H22ClN3O/c1-4-17-13-8-7-12(16)14(18-13)15(20)19-9-5-6-10(2)11(19)3/h7-8,10-11H,4-6,9H2,1-3H3,(H,17,18). The Balaban J connectivity index is 2.25. The number of rotatable bonds is 3. The third-order valence-corrected chi connectivity index (χ3v) is 4.35. The van der Waals surface area contributed by atoms with Crippen LogP contribution in [0.2, 0.25) is 5.02 Å². The summed E-state index contributed by atoms with van der Waals surface area (Å²) in [7, 11) is 0. The van der Waals surface area contributed by atoms with E-state index in [1.165, 1.54) is 6.42 Å². The number of anilines is 1. The van der Waals surface area contributed by atoms with Crippen LogP contribution in [0.1, 0.15) is 44.1 Å². The lowest BCUT2D eigenvalue weighted by molar-refractivity contribution is 0.0545. The molecule has 1 fully saturated rings. The first-order valence-electron chi connectivity index (χ1n) is 7.26. The molecule has 1 aromatic rings. The molecule has 0 bridgehead atoms. The molecule has 5 heteroatoms. The summed E-state index contributed by atoms with van der Waals surface area (Å²) in [4.78, 5) is 18.9. The van der Waals surface area contributed by atoms with Gasteiger partial charge in [-0.3, -0.25) is 4.79 Å². The van der Waals surface area contributed by atoms with Crippen molar-refractivity contribution in [1.82, 2.24) is 9.88 Å². The van der Waals surface area contributed by atoms with Crippen molar-refractivity contribution >= 4 is 23.3 Å². The molecule has 4 nitrogen and oxygen atoms in total. The molecule has 0 spiro atoms. The summed E-state index contributed by atoms with van der Waals surface area (Å²) in [5, 5.41) is 3.53. The molecule has 1 saturated heterocycles. The van der Waals surface area contributed by atoms with Crippen molar-refractivity contribution in [3.8, 4) is 0 Å². The SMILES string of the molecule is CCNc1ccc(Cl)c(C(=O)N2CCCC(C)C2C)n1. The lowest BCUT2D eigenvalue weighted by Gasteiger charge is -2.37. The first kappa shape index (κ1) is 15.1. The number of carbonyl (C=O) groups is 1. The van der Waals surface area contributed by atoms with Gasteiger partial charge in [0.15, 0.2) is 0 Å². The summed E-state index contributed by atoms with van der Waals surface area (Å²) in [5.41, 5.74) is 0.353. The molecule has 0 aliphatic carbocycles. The van der Waals surface area contributed by atoms with Crippen LogP contribution in [0.3, 0.4) is 0 Å². The number of pyridine rings is 1. The number of hydrogen-bond donors (Lipinski definition) is 1. The number of nitrogens with zero attached hydrogens (tertiary/aromatic N) is 2. The Labute approximate surface area is 125 Å². The van der Waals surface area contributed by atoms with Crippen LogP contribution >= 0.6 is 11.6 Å². The van der Waals surface area contributed by atoms with Crippen molar-refractivity contribution in [2.75, 3.05) is 18.4 Å². The molecule has 0 aromatic carbocycles. The lowest BCUT2D eigenvalue weighted by atomic mass is 9.92. The molecular formula is C15H22ClN3O. The van der Waals surface area contributed by atoms with Gasteiger partial charge in [-0.15, -0.1) is 0 Å². The summed E-state index contributed by atoms with van der Waals surface area (Å²) < 4.78 is 0. The van der Waals surface area contributed by atoms with Crippen LogP contribution in [0.4, 0.5) is 5.82 Å². The number of piperidine rings is 1. The number of nitrogens with one attached hydrogen (secondary N) is 1. The van der Waals surface area contributed by atoms with E-state index in [4.69, 9.17) is 11.6 Å². The van der Waals surface area contributed by atoms with Crippen LogP contribution in [0, 0.1) is 5.92 Å². The maximum Gasteiger partial charge on any atom is 0.274 e. The van der Waals surface area contributed by atoms with Crippen molar-refractivity contribution in [3.63, 3.8) is 0 Å². The predicted octanol–water partition coefficient (Wildman–Crippen LogP) is 3.43. The van der Waals surface area contributed by atoms with Crippen LogP contribution < -0.4 is 5.32 Å². The Morgan fingerprint density at radius 2 is 2.25 bits per heavy atom. The van der Waals surface area contributed by atoms with Crippen LogP contribution in [0.5, 0.6) is 0 Å². The first-order chi connectivity index (χ1) is 9.54. The minimum absolute atomic E-state index is 0.0613. The van der Waals surface area contributed by atoms with Crippen LogP contribution in [0.25, 0.3) is 0 Å². The van der Waals surface area contributed by atoms with E-state index in [1.807, 2.05) is 11.8 Å². The van der Waals surface area contributed by atoms with E-state index in [-0.39, 0.29) is 11.9 Å². The third kappa shape index (κ3) is 3.06. The van der Waals surface area contributed by atoms with Crippen molar-refractivity contribution in [3.05, 3.63) is 22.8 Å². The second-order valence-electron chi connectivity index (χ2n) is 5.42. The molecule has 1 amide bonds. The largest absolute Gasteiger partial charge is 0.370 e. The second kappa shape index (κ2) is 6.44. The van der Waals surface area contributed by atoms with E-state index in [9.17, 15) is 4.79 Å². The first-order valence-corrected chi connectivity index (χ1v) is 7.63. The van der Waals surface area contributed by atoms with E-state index in [1.54, 1.807) is 12.1 Å². The van der Waals surface area contributed by atoms with Gasteiger partial charge >= 0.3 is 0 Å². The average molecular weight is 296 g/mol. The maximum absolute atomic E-state index is 12.7. The molecular weight excluding hydrogens is 274 g/mol. The molecule has 1 aliphatic heterocycles. The highest BCUT2D eigenvalue weighted by Gasteiger charge is 2.30. The number of likely N-dealkylation sites (tertiary alicyclic amines) is 1. The molecule has 20 heavy (non-hydrogen) atoms. The van der Waals surface area contributed by atoms with Gasteiger partial charge in [0.05, 0.1) is 5.02 Å². The highest BCUT2D eigenvalue weighted by Crippen LogP contribution is 2.26. The number of halogens is 1. The zero-order chi connectivity index (χ0) is 14.7. The molecule has 2 rings (SSSR count). The van der Waals surface area contributed by atoms with Gasteiger partial charge < -0.3 is 10.2 Å². The Hall–Kier alpha value is -1.29. The van der Waals surface area contributed by atoms with Gasteiger partial charge in [0, 0.05) is 19.1 Å². The monoisotopic (exact) mass is 295 g/mol. The topological polar surface area (TPSA) is 45.2 Å². The predicted molar refractivity (Wildman–Crippen MR) is 82.3 cm³/mol. The van der Waals surface area contributed by atoms with Crippen LogP contribution in [0.15, 0.2) is 12.1 Å². The van der Waals surface area contributed by atoms with E-state index in [0.29, 0.717) is 22.5 Å². The molecule has 2 atom stereocenters. The summed E-state index contributed by atoms with van der Waals surface area (Å²) in [6, 6.07) is 3.76. The van der Waals surface area contributed by atoms with Crippen LogP contribution in [-0.2, 0) is 0 Å². The molecule has 2 unspecified atom stereocenters. The molecule has 0 saturated carbocycles. The van der Waals surface area contributed by atoms with Gasteiger partial charge in [-0.05, 0) is 44.7 Å². The zero-order valence-electron chi connectivity index (χ0n) is 12.3. The van der Waals surface area contributed by atoms with E-state index < -0.39 is 0 Å². The molecule has 0 radical (unpaired) electrons. The minimum Gasteiger partial charge on any atom is -0.370 e. The smallest absolute Gasteiger partial charge is 0.274 e. The highest BCUT2D eigenvalue weighted by molar-refractivity contribution is 6.33. The van der Waals surface area contributed by atoms with E-state index in [2.05, 4.69) is 24.1 Å². The zero-order valence-corrected chi connectivity index (χ0v) is 13.1. The third-order valence-electron chi connectivity index (χ3n) is 4.04. The van der Waals surface area contributed by atoms with Gasteiger partial charge in [-0.25, -0.2) is 4.98 Å². The molecule has 110 valence electrons. The van der Waals surface area contributed by atoms with E-state index >= 15 is 0 Å². The van der Waals surface area contributed by atoms with Crippen molar-refractivity contribution < 1.29 is 4.79 Å². The molecule has 1 aromatic heterocycles. The summed E-state index contributed by atoms with van der Waals surface area (Å²) in [5.74, 6) is 1.15. The Morgan fingerprint density at radius 3 is 2.95 bits per heavy atom. The van der Waals surface area contributed by atoms with Crippen molar-refractivity contribution in [2.24, 2.45) is 5.92 Å². The van der Waals surface area contributed by atoms with Gasteiger partial charge in [0.25, 0.3) is 5.91 Å². The van der Waals surface area contributed by atoms with Gasteiger partial charge in [0.1, 0.15) is 11.5 Å². The fraction of sp³-hybridized carbons (Fsp3) is 0.600. The normalized spacial score (nSPS) is 22.7. The fourth-order valence-corrected chi connectivity index (χ4v) is 2.82. The van der Waals surface area contributed by atoms with Crippen molar-refractivity contribution in [1.29, 1.82) is 0 Å². The fourth-order valence-electron chi connectivity index (χ4n) is 2.63. The van der Waals surface area contributed by atoms with E-state index in [0.717, 1.165) is 19.5 Å². The molecule has 1 N–H and O–H groups in total. The van der Waals surface area contributed by atoms with Gasteiger partial charge in [-0.2, -0.15) is 0 Å². The minimum atomic E-state index is -0.0613. The number of amides is 1. The summed E-state index contributed by atoms with van der Waals surface area (Å²) in [6.07, 6.45) is 2.21. The number of carbonyl (C=O) groups excluding carboxylic acids is 1. The quantitative estimate of drug-likeness (QED) is 0.929. The van der Waals surface area contributed by atoms with Crippen molar-refractivity contribution in [2.45, 2.75) is 39.7 Å². The number of aromatic nitrogens is 1. The maximum atomic E-state index is 12.7. The summed E-state index contributed by atoms with van der Waals surface area (Å²) >= 11 is 6.16. The summed E-state index contributed by atoms with van der Waals surface area (Å²) in [6.45, 7) is 7.83. The Bertz CT molecular complexity index is 492. The highest BCUT2D eigenvalue weighted by atomic mass is 35.5. The second-order valence-corrected chi connectivity index (χ2v) is 5.82. The Morgan fingerprint density at radius 1 is 1.50 bits per heavy atom. The lowest BCUT2D eigenvalue weighted by Crippen LogP contribution is -2.46. The average Bonchev–Trinajstić information content (AvgIpc) is 2.43.